The first-order chi connectivity index (χ1) is 18.0. The highest BCUT2D eigenvalue weighted by molar-refractivity contribution is 6.40. The van der Waals surface area contributed by atoms with Crippen LogP contribution < -0.4 is 20.8 Å². The Hall–Kier alpha value is -5.18. The SMILES string of the molecule is CCOc1ccc(NC(=O)c2ccccc2NC(=O)C(=O)N/N=C/c2c(O)ccc3ccccc23)cc1. The molecule has 4 rings (SSSR count). The number of amides is 3. The molecule has 0 bridgehead atoms. The summed E-state index contributed by atoms with van der Waals surface area (Å²) in [6, 6.07) is 23.8. The Balaban J connectivity index is 1.41. The molecule has 9 heteroatoms. The van der Waals surface area contributed by atoms with Crippen LogP contribution in [0.15, 0.2) is 90.0 Å². The molecule has 0 saturated carbocycles. The van der Waals surface area contributed by atoms with Gasteiger partial charge in [-0.1, -0.05) is 42.5 Å². The van der Waals surface area contributed by atoms with Crippen LogP contribution in [0.5, 0.6) is 11.5 Å². The van der Waals surface area contributed by atoms with Crippen LogP contribution >= 0.6 is 0 Å². The standard InChI is InChI=1S/C28H24N4O5/c1-2-37-20-14-12-19(13-15-20)30-26(34)22-9-5-6-10-24(22)31-27(35)28(36)32-29-17-23-21-8-4-3-7-18(21)11-16-25(23)33/h3-17,33H,2H2,1H3,(H,30,34)(H,31,35)(H,32,36)/b29-17+. The third-order valence-electron chi connectivity index (χ3n) is 5.36. The number of carbonyl (C=O) groups excluding carboxylic acids is 3. The fraction of sp³-hybridized carbons (Fsp3) is 0.0714. The molecule has 4 aromatic carbocycles. The van der Waals surface area contributed by atoms with Gasteiger partial charge in [0.05, 0.1) is 24.1 Å². The number of phenols is 1. The van der Waals surface area contributed by atoms with Crippen molar-refractivity contribution < 1.29 is 24.2 Å². The topological polar surface area (TPSA) is 129 Å². The van der Waals surface area contributed by atoms with E-state index in [0.717, 1.165) is 10.8 Å². The molecule has 4 N–H and O–H groups in total. The fourth-order valence-electron chi connectivity index (χ4n) is 3.59. The molecule has 4 aromatic rings. The molecule has 0 radical (unpaired) electrons. The zero-order chi connectivity index (χ0) is 26.2. The first kappa shape index (κ1) is 24.9. The summed E-state index contributed by atoms with van der Waals surface area (Å²) in [7, 11) is 0. The second-order valence-corrected chi connectivity index (χ2v) is 7.83. The molecule has 37 heavy (non-hydrogen) atoms. The van der Waals surface area contributed by atoms with Crippen molar-refractivity contribution >= 4 is 46.1 Å². The van der Waals surface area contributed by atoms with Crippen molar-refractivity contribution in [3.05, 3.63) is 96.1 Å². The number of rotatable bonds is 7. The van der Waals surface area contributed by atoms with Crippen LogP contribution in [0, 0.1) is 0 Å². The number of phenolic OH excluding ortho intramolecular Hbond substituents is 1. The molecule has 0 aliphatic carbocycles. The van der Waals surface area contributed by atoms with Gasteiger partial charge in [-0.15, -0.1) is 0 Å². The number of benzene rings is 4. The average molecular weight is 497 g/mol. The van der Waals surface area contributed by atoms with Crippen LogP contribution in [-0.2, 0) is 9.59 Å². The molecule has 0 heterocycles. The van der Waals surface area contributed by atoms with Crippen LogP contribution in [0.1, 0.15) is 22.8 Å². The zero-order valence-electron chi connectivity index (χ0n) is 19.9. The van der Waals surface area contributed by atoms with E-state index < -0.39 is 17.7 Å². The molecule has 0 saturated heterocycles. The number of nitrogens with one attached hydrogen (secondary N) is 3. The van der Waals surface area contributed by atoms with Crippen molar-refractivity contribution in [1.82, 2.24) is 5.43 Å². The van der Waals surface area contributed by atoms with E-state index in [2.05, 4.69) is 21.2 Å². The summed E-state index contributed by atoms with van der Waals surface area (Å²) < 4.78 is 5.39. The summed E-state index contributed by atoms with van der Waals surface area (Å²) >= 11 is 0. The van der Waals surface area contributed by atoms with E-state index in [4.69, 9.17) is 4.74 Å². The van der Waals surface area contributed by atoms with Crippen molar-refractivity contribution in [1.29, 1.82) is 0 Å². The maximum absolute atomic E-state index is 12.8. The average Bonchev–Trinajstić information content (AvgIpc) is 2.91. The summed E-state index contributed by atoms with van der Waals surface area (Å²) in [4.78, 5) is 37.6. The summed E-state index contributed by atoms with van der Waals surface area (Å²) in [5.74, 6) is -1.87. The molecular weight excluding hydrogens is 472 g/mol. The Morgan fingerprint density at radius 2 is 1.59 bits per heavy atom. The van der Waals surface area contributed by atoms with Gasteiger partial charge in [-0.2, -0.15) is 5.10 Å². The zero-order valence-corrected chi connectivity index (χ0v) is 19.9. The van der Waals surface area contributed by atoms with E-state index in [9.17, 15) is 19.5 Å². The number of ether oxygens (including phenoxy) is 1. The fourth-order valence-corrected chi connectivity index (χ4v) is 3.59. The number of nitrogens with zero attached hydrogens (tertiary/aromatic N) is 1. The molecule has 0 aromatic heterocycles. The molecule has 9 nitrogen and oxygen atoms in total. The molecule has 186 valence electrons. The molecule has 0 unspecified atom stereocenters. The summed E-state index contributed by atoms with van der Waals surface area (Å²) in [5, 5.41) is 20.8. The lowest BCUT2D eigenvalue weighted by molar-refractivity contribution is -0.136. The van der Waals surface area contributed by atoms with Crippen LogP contribution in [-0.4, -0.2) is 35.6 Å². The van der Waals surface area contributed by atoms with Gasteiger partial charge in [0.15, 0.2) is 0 Å². The Morgan fingerprint density at radius 1 is 0.865 bits per heavy atom. The van der Waals surface area contributed by atoms with Gasteiger partial charge in [-0.05, 0) is 60.2 Å². The third kappa shape index (κ3) is 6.09. The largest absolute Gasteiger partial charge is 0.507 e. The smallest absolute Gasteiger partial charge is 0.329 e. The summed E-state index contributed by atoms with van der Waals surface area (Å²) in [5.41, 5.74) is 3.40. The van der Waals surface area contributed by atoms with Crippen molar-refractivity contribution in [3.63, 3.8) is 0 Å². The minimum absolute atomic E-state index is 0.0198. The maximum atomic E-state index is 12.8. The highest BCUT2D eigenvalue weighted by Gasteiger charge is 2.18. The lowest BCUT2D eigenvalue weighted by atomic mass is 10.0. The Labute approximate surface area is 212 Å². The van der Waals surface area contributed by atoms with E-state index in [1.807, 2.05) is 25.1 Å². The predicted octanol–water partition coefficient (Wildman–Crippen LogP) is 4.29. The Morgan fingerprint density at radius 3 is 2.38 bits per heavy atom. The minimum Gasteiger partial charge on any atom is -0.507 e. The highest BCUT2D eigenvalue weighted by Crippen LogP contribution is 2.25. The monoisotopic (exact) mass is 496 g/mol. The number of anilines is 2. The first-order valence-electron chi connectivity index (χ1n) is 11.4. The van der Waals surface area contributed by atoms with Crippen LogP contribution in [0.3, 0.4) is 0 Å². The van der Waals surface area contributed by atoms with Gasteiger partial charge in [-0.25, -0.2) is 5.43 Å². The third-order valence-corrected chi connectivity index (χ3v) is 5.36. The second kappa shape index (κ2) is 11.5. The molecule has 0 aliphatic rings. The van der Waals surface area contributed by atoms with Gasteiger partial charge in [0, 0.05) is 11.3 Å². The van der Waals surface area contributed by atoms with E-state index in [-0.39, 0.29) is 17.0 Å². The summed E-state index contributed by atoms with van der Waals surface area (Å²) in [6.07, 6.45) is 1.26. The van der Waals surface area contributed by atoms with Gasteiger partial charge in [0.25, 0.3) is 5.91 Å². The van der Waals surface area contributed by atoms with Crippen molar-refractivity contribution in [2.75, 3.05) is 17.2 Å². The van der Waals surface area contributed by atoms with Gasteiger partial charge in [0.2, 0.25) is 0 Å². The molecule has 3 amide bonds. The molecule has 0 aliphatic heterocycles. The molecule has 0 fully saturated rings. The van der Waals surface area contributed by atoms with Gasteiger partial charge in [-0.3, -0.25) is 14.4 Å². The second-order valence-electron chi connectivity index (χ2n) is 7.83. The maximum Gasteiger partial charge on any atom is 0.329 e. The van der Waals surface area contributed by atoms with E-state index in [0.29, 0.717) is 23.6 Å². The minimum atomic E-state index is -1.04. The number of fused-ring (bicyclic) bond motifs is 1. The first-order valence-corrected chi connectivity index (χ1v) is 11.4. The van der Waals surface area contributed by atoms with Crippen LogP contribution in [0.2, 0.25) is 0 Å². The lowest BCUT2D eigenvalue weighted by Gasteiger charge is -2.11. The van der Waals surface area contributed by atoms with Crippen LogP contribution in [0.4, 0.5) is 11.4 Å². The van der Waals surface area contributed by atoms with E-state index in [1.54, 1.807) is 48.5 Å². The Bertz CT molecular complexity index is 1480. The quantitative estimate of drug-likeness (QED) is 0.172. The van der Waals surface area contributed by atoms with Crippen LogP contribution in [0.25, 0.3) is 10.8 Å². The van der Waals surface area contributed by atoms with Crippen molar-refractivity contribution in [3.8, 4) is 11.5 Å². The highest BCUT2D eigenvalue weighted by atomic mass is 16.5. The Kier molecular flexibility index (Phi) is 7.75. The van der Waals surface area contributed by atoms with Gasteiger partial charge >= 0.3 is 11.8 Å². The van der Waals surface area contributed by atoms with Gasteiger partial charge in [0.1, 0.15) is 11.5 Å². The molecule has 0 atom stereocenters. The van der Waals surface area contributed by atoms with Crippen molar-refractivity contribution in [2.45, 2.75) is 6.92 Å². The number of para-hydroxylation sites is 1. The van der Waals surface area contributed by atoms with Crippen molar-refractivity contribution in [2.24, 2.45) is 5.10 Å². The number of hydrazone groups is 1. The number of hydrogen-bond acceptors (Lipinski definition) is 6. The summed E-state index contributed by atoms with van der Waals surface area (Å²) in [6.45, 7) is 2.41. The van der Waals surface area contributed by atoms with E-state index >= 15 is 0 Å². The molecular formula is C28H24N4O5. The lowest BCUT2D eigenvalue weighted by Crippen LogP contribution is -2.33. The normalized spacial score (nSPS) is 10.7. The number of carbonyl (C=O) groups is 3. The van der Waals surface area contributed by atoms with E-state index in [1.165, 1.54) is 24.4 Å². The number of aromatic hydroxyl groups is 1. The molecule has 0 spiro atoms. The van der Waals surface area contributed by atoms with Gasteiger partial charge < -0.3 is 20.5 Å². The predicted molar refractivity (Wildman–Crippen MR) is 142 cm³/mol. The number of hydrogen-bond donors (Lipinski definition) is 4.